The van der Waals surface area contributed by atoms with Crippen LogP contribution in [0.25, 0.3) is 0 Å². The highest BCUT2D eigenvalue weighted by Crippen LogP contribution is 2.39. The number of rotatable bonds is 6. The molecule has 19 heavy (non-hydrogen) atoms. The first-order chi connectivity index (χ1) is 9.13. The first-order valence-electron chi connectivity index (χ1n) is 7.25. The zero-order chi connectivity index (χ0) is 13.7. The summed E-state index contributed by atoms with van der Waals surface area (Å²) in [7, 11) is 0. The molecule has 1 aliphatic carbocycles. The van der Waals surface area contributed by atoms with Crippen LogP contribution in [-0.2, 0) is 0 Å². The standard InChI is InChI=1S/C16H24N2O/c1-3-11-17-14-7-5-13(6-8-14)15(19)18-12-16(2)9-4-10-16/h5-8,17H,3-4,9-12H2,1-2H3,(H,18,19). The number of benzene rings is 1. The van der Waals surface area contributed by atoms with Gasteiger partial charge < -0.3 is 10.6 Å². The molecule has 104 valence electrons. The van der Waals surface area contributed by atoms with Crippen molar-refractivity contribution in [2.45, 2.75) is 39.5 Å². The SMILES string of the molecule is CCCNc1ccc(C(=O)NCC2(C)CCC2)cc1. The van der Waals surface area contributed by atoms with Crippen LogP contribution in [0.4, 0.5) is 5.69 Å². The van der Waals surface area contributed by atoms with Gasteiger partial charge in [0.2, 0.25) is 0 Å². The van der Waals surface area contributed by atoms with Crippen molar-refractivity contribution in [2.24, 2.45) is 5.41 Å². The van der Waals surface area contributed by atoms with Crippen LogP contribution in [0.5, 0.6) is 0 Å². The Balaban J connectivity index is 1.84. The Hall–Kier alpha value is -1.51. The van der Waals surface area contributed by atoms with Gasteiger partial charge in [0.05, 0.1) is 0 Å². The van der Waals surface area contributed by atoms with E-state index >= 15 is 0 Å². The van der Waals surface area contributed by atoms with Gasteiger partial charge in [-0.05, 0) is 48.9 Å². The van der Waals surface area contributed by atoms with E-state index in [0.717, 1.165) is 30.8 Å². The second-order valence-corrected chi connectivity index (χ2v) is 5.85. The van der Waals surface area contributed by atoms with Crippen molar-refractivity contribution >= 4 is 11.6 Å². The summed E-state index contributed by atoms with van der Waals surface area (Å²) in [5.74, 6) is 0.0372. The lowest BCUT2D eigenvalue weighted by molar-refractivity contribution is 0.0891. The van der Waals surface area contributed by atoms with Crippen molar-refractivity contribution in [3.05, 3.63) is 29.8 Å². The Morgan fingerprint density at radius 1 is 1.26 bits per heavy atom. The summed E-state index contributed by atoms with van der Waals surface area (Å²) in [6.07, 6.45) is 4.85. The van der Waals surface area contributed by atoms with E-state index < -0.39 is 0 Å². The van der Waals surface area contributed by atoms with Gasteiger partial charge in [0.15, 0.2) is 0 Å². The molecule has 1 aromatic rings. The lowest BCUT2D eigenvalue weighted by atomic mass is 9.70. The fourth-order valence-electron chi connectivity index (χ4n) is 2.36. The number of anilines is 1. The molecule has 1 aromatic carbocycles. The van der Waals surface area contributed by atoms with Gasteiger partial charge in [-0.25, -0.2) is 0 Å². The second-order valence-electron chi connectivity index (χ2n) is 5.85. The lowest BCUT2D eigenvalue weighted by Gasteiger charge is -2.38. The Kier molecular flexibility index (Phi) is 4.46. The van der Waals surface area contributed by atoms with E-state index in [2.05, 4.69) is 24.5 Å². The number of carbonyl (C=O) groups is 1. The molecule has 0 heterocycles. The van der Waals surface area contributed by atoms with Gasteiger partial charge in [0.25, 0.3) is 5.91 Å². The predicted molar refractivity (Wildman–Crippen MR) is 79.5 cm³/mol. The van der Waals surface area contributed by atoms with Crippen LogP contribution in [0.15, 0.2) is 24.3 Å². The molecule has 1 aliphatic rings. The first kappa shape index (κ1) is 13.9. The van der Waals surface area contributed by atoms with E-state index in [1.165, 1.54) is 19.3 Å². The maximum atomic E-state index is 12.0. The number of nitrogens with one attached hydrogen (secondary N) is 2. The largest absolute Gasteiger partial charge is 0.385 e. The average molecular weight is 260 g/mol. The normalized spacial score (nSPS) is 16.5. The van der Waals surface area contributed by atoms with Crippen molar-refractivity contribution in [1.29, 1.82) is 0 Å². The summed E-state index contributed by atoms with van der Waals surface area (Å²) in [4.78, 5) is 12.0. The van der Waals surface area contributed by atoms with Crippen LogP contribution in [0.1, 0.15) is 49.9 Å². The van der Waals surface area contributed by atoms with Crippen LogP contribution in [0.2, 0.25) is 0 Å². The quantitative estimate of drug-likeness (QED) is 0.822. The van der Waals surface area contributed by atoms with Crippen LogP contribution >= 0.6 is 0 Å². The molecule has 0 unspecified atom stereocenters. The number of amides is 1. The molecule has 1 fully saturated rings. The van der Waals surface area contributed by atoms with Crippen LogP contribution in [0, 0.1) is 5.41 Å². The van der Waals surface area contributed by atoms with Gasteiger partial charge in [-0.3, -0.25) is 4.79 Å². The molecule has 0 spiro atoms. The van der Waals surface area contributed by atoms with Gasteiger partial charge in [-0.15, -0.1) is 0 Å². The summed E-state index contributed by atoms with van der Waals surface area (Å²) < 4.78 is 0. The highest BCUT2D eigenvalue weighted by molar-refractivity contribution is 5.94. The highest BCUT2D eigenvalue weighted by atomic mass is 16.1. The molecule has 3 nitrogen and oxygen atoms in total. The Bertz CT molecular complexity index is 421. The van der Waals surface area contributed by atoms with Gasteiger partial charge in [-0.2, -0.15) is 0 Å². The minimum atomic E-state index is 0.0372. The number of hydrogen-bond acceptors (Lipinski definition) is 2. The second kappa shape index (κ2) is 6.09. The van der Waals surface area contributed by atoms with E-state index in [9.17, 15) is 4.79 Å². The molecule has 0 atom stereocenters. The van der Waals surface area contributed by atoms with Crippen molar-refractivity contribution in [3.63, 3.8) is 0 Å². The van der Waals surface area contributed by atoms with Crippen molar-refractivity contribution < 1.29 is 4.79 Å². The van der Waals surface area contributed by atoms with Gasteiger partial charge >= 0.3 is 0 Å². The monoisotopic (exact) mass is 260 g/mol. The molecule has 0 aliphatic heterocycles. The van der Waals surface area contributed by atoms with E-state index in [1.54, 1.807) is 0 Å². The lowest BCUT2D eigenvalue weighted by Crippen LogP contribution is -2.39. The molecule has 0 aromatic heterocycles. The van der Waals surface area contributed by atoms with Gasteiger partial charge in [0.1, 0.15) is 0 Å². The van der Waals surface area contributed by atoms with E-state index in [0.29, 0.717) is 5.41 Å². The molecule has 0 bridgehead atoms. The highest BCUT2D eigenvalue weighted by Gasteiger charge is 2.31. The summed E-state index contributed by atoms with van der Waals surface area (Å²) in [5.41, 5.74) is 2.15. The average Bonchev–Trinajstić information content (AvgIpc) is 2.41. The molecular weight excluding hydrogens is 236 g/mol. The van der Waals surface area contributed by atoms with Crippen molar-refractivity contribution in [1.82, 2.24) is 5.32 Å². The molecule has 2 N–H and O–H groups in total. The van der Waals surface area contributed by atoms with Crippen LogP contribution in [0.3, 0.4) is 0 Å². The molecule has 1 saturated carbocycles. The molecule has 2 rings (SSSR count). The molecular formula is C16H24N2O. The fraction of sp³-hybridized carbons (Fsp3) is 0.562. The summed E-state index contributed by atoms with van der Waals surface area (Å²) >= 11 is 0. The van der Waals surface area contributed by atoms with Crippen LogP contribution in [-0.4, -0.2) is 19.0 Å². The van der Waals surface area contributed by atoms with E-state index in [1.807, 2.05) is 24.3 Å². The predicted octanol–water partition coefficient (Wildman–Crippen LogP) is 3.43. The van der Waals surface area contributed by atoms with Crippen molar-refractivity contribution in [3.8, 4) is 0 Å². The third kappa shape index (κ3) is 3.72. The minimum Gasteiger partial charge on any atom is -0.385 e. The third-order valence-electron chi connectivity index (χ3n) is 3.96. The Morgan fingerprint density at radius 3 is 2.47 bits per heavy atom. The van der Waals surface area contributed by atoms with E-state index in [4.69, 9.17) is 0 Å². The first-order valence-corrected chi connectivity index (χ1v) is 7.25. The molecule has 3 heteroatoms. The van der Waals surface area contributed by atoms with Gasteiger partial charge in [0, 0.05) is 24.3 Å². The maximum absolute atomic E-state index is 12.0. The smallest absolute Gasteiger partial charge is 0.251 e. The minimum absolute atomic E-state index is 0.0372. The zero-order valence-electron chi connectivity index (χ0n) is 12.0. The topological polar surface area (TPSA) is 41.1 Å². The Labute approximate surface area is 115 Å². The summed E-state index contributed by atoms with van der Waals surface area (Å²) in [6.45, 7) is 6.13. The molecule has 0 saturated heterocycles. The summed E-state index contributed by atoms with van der Waals surface area (Å²) in [5, 5.41) is 6.35. The maximum Gasteiger partial charge on any atom is 0.251 e. The third-order valence-corrected chi connectivity index (χ3v) is 3.96. The van der Waals surface area contributed by atoms with Gasteiger partial charge in [-0.1, -0.05) is 20.3 Å². The van der Waals surface area contributed by atoms with Crippen molar-refractivity contribution in [2.75, 3.05) is 18.4 Å². The summed E-state index contributed by atoms with van der Waals surface area (Å²) in [6, 6.07) is 7.71. The molecule has 1 amide bonds. The zero-order valence-corrected chi connectivity index (χ0v) is 12.0. The number of hydrogen-bond donors (Lipinski definition) is 2. The van der Waals surface area contributed by atoms with Crippen LogP contribution < -0.4 is 10.6 Å². The Morgan fingerprint density at radius 2 is 1.95 bits per heavy atom. The molecule has 0 radical (unpaired) electrons. The van der Waals surface area contributed by atoms with E-state index in [-0.39, 0.29) is 5.91 Å². The fourth-order valence-corrected chi connectivity index (χ4v) is 2.36. The number of carbonyl (C=O) groups excluding carboxylic acids is 1.